The van der Waals surface area contributed by atoms with Gasteiger partial charge in [0, 0.05) is 30.6 Å². The first-order chi connectivity index (χ1) is 9.91. The SMILES string of the molecule is CCC(CC)(OC)c1ncc2c(n1)CC(C)(C)CC2NC. The van der Waals surface area contributed by atoms with E-state index in [-0.39, 0.29) is 11.0 Å². The maximum absolute atomic E-state index is 5.78. The van der Waals surface area contributed by atoms with Crippen molar-refractivity contribution < 1.29 is 4.74 Å². The largest absolute Gasteiger partial charge is 0.370 e. The fraction of sp³-hybridized carbons (Fsp3) is 0.765. The number of hydrogen-bond donors (Lipinski definition) is 1. The van der Waals surface area contributed by atoms with Crippen LogP contribution in [-0.4, -0.2) is 24.1 Å². The highest BCUT2D eigenvalue weighted by molar-refractivity contribution is 5.27. The molecule has 0 saturated heterocycles. The molecule has 0 saturated carbocycles. The number of ether oxygens (including phenoxy) is 1. The van der Waals surface area contributed by atoms with E-state index in [1.807, 2.05) is 13.2 Å². The number of nitrogens with one attached hydrogen (secondary N) is 1. The zero-order valence-electron chi connectivity index (χ0n) is 14.3. The van der Waals surface area contributed by atoms with Crippen LogP contribution in [0.4, 0.5) is 0 Å². The van der Waals surface area contributed by atoms with Crippen LogP contribution in [0.2, 0.25) is 0 Å². The molecular weight excluding hydrogens is 262 g/mol. The quantitative estimate of drug-likeness (QED) is 0.903. The van der Waals surface area contributed by atoms with E-state index in [2.05, 4.69) is 38.0 Å². The summed E-state index contributed by atoms with van der Waals surface area (Å²) in [6.07, 6.45) is 5.90. The molecule has 0 bridgehead atoms. The van der Waals surface area contributed by atoms with Crippen molar-refractivity contribution in [3.05, 3.63) is 23.3 Å². The molecule has 1 unspecified atom stereocenters. The third-order valence-corrected chi connectivity index (χ3v) is 4.97. The van der Waals surface area contributed by atoms with Crippen molar-refractivity contribution in [3.63, 3.8) is 0 Å². The van der Waals surface area contributed by atoms with Crippen molar-refractivity contribution in [1.82, 2.24) is 15.3 Å². The van der Waals surface area contributed by atoms with Gasteiger partial charge in [-0.1, -0.05) is 27.7 Å². The Morgan fingerprint density at radius 3 is 2.57 bits per heavy atom. The predicted octanol–water partition coefficient (Wildman–Crippen LogP) is 3.37. The third-order valence-electron chi connectivity index (χ3n) is 4.97. The summed E-state index contributed by atoms with van der Waals surface area (Å²) in [5.74, 6) is 0.835. The van der Waals surface area contributed by atoms with Crippen molar-refractivity contribution in [3.8, 4) is 0 Å². The Labute approximate surface area is 128 Å². The van der Waals surface area contributed by atoms with Gasteiger partial charge >= 0.3 is 0 Å². The van der Waals surface area contributed by atoms with Gasteiger partial charge in [0.15, 0.2) is 5.82 Å². The molecule has 4 heteroatoms. The standard InChI is InChI=1S/C17H29N3O/c1-7-17(8-2,21-6)15-19-11-12-13(18-5)9-16(3,4)10-14(12)20-15/h11,13,18H,7-10H2,1-6H3. The van der Waals surface area contributed by atoms with Crippen molar-refractivity contribution in [1.29, 1.82) is 0 Å². The highest BCUT2D eigenvalue weighted by Gasteiger charge is 2.36. The zero-order valence-corrected chi connectivity index (χ0v) is 14.3. The molecule has 1 heterocycles. The van der Waals surface area contributed by atoms with Crippen LogP contribution in [0.5, 0.6) is 0 Å². The summed E-state index contributed by atoms with van der Waals surface area (Å²) in [5, 5.41) is 3.40. The Kier molecular flexibility index (Phi) is 4.69. The lowest BCUT2D eigenvalue weighted by molar-refractivity contribution is -0.0295. The van der Waals surface area contributed by atoms with Gasteiger partial charge in [0.2, 0.25) is 0 Å². The molecule has 2 rings (SSSR count). The molecule has 1 N–H and O–H groups in total. The topological polar surface area (TPSA) is 47.0 Å². The Hall–Kier alpha value is -1.00. The van der Waals surface area contributed by atoms with Crippen LogP contribution in [0.1, 0.15) is 70.1 Å². The molecule has 4 nitrogen and oxygen atoms in total. The second-order valence-electron chi connectivity index (χ2n) is 6.89. The summed E-state index contributed by atoms with van der Waals surface area (Å²) in [6.45, 7) is 8.89. The zero-order chi connectivity index (χ0) is 15.7. The molecule has 1 aromatic rings. The number of nitrogens with zero attached hydrogens (tertiary/aromatic N) is 2. The van der Waals surface area contributed by atoms with E-state index in [9.17, 15) is 0 Å². The van der Waals surface area contributed by atoms with Gasteiger partial charge in [0.25, 0.3) is 0 Å². The predicted molar refractivity (Wildman–Crippen MR) is 85.2 cm³/mol. The van der Waals surface area contributed by atoms with Crippen LogP contribution in [0.3, 0.4) is 0 Å². The van der Waals surface area contributed by atoms with Gasteiger partial charge in [-0.2, -0.15) is 0 Å². The highest BCUT2D eigenvalue weighted by Crippen LogP contribution is 2.40. The van der Waals surface area contributed by atoms with E-state index >= 15 is 0 Å². The Balaban J connectivity index is 2.47. The third kappa shape index (κ3) is 2.97. The van der Waals surface area contributed by atoms with Gasteiger partial charge in [0.1, 0.15) is 5.60 Å². The normalized spacial score (nSPS) is 21.1. The summed E-state index contributed by atoms with van der Waals surface area (Å²) < 4.78 is 5.78. The number of methoxy groups -OCH3 is 1. The number of aromatic nitrogens is 2. The summed E-state index contributed by atoms with van der Waals surface area (Å²) in [5.41, 5.74) is 2.34. The van der Waals surface area contributed by atoms with E-state index in [1.54, 1.807) is 7.11 Å². The van der Waals surface area contributed by atoms with Gasteiger partial charge < -0.3 is 10.1 Å². The van der Waals surface area contributed by atoms with Crippen molar-refractivity contribution >= 4 is 0 Å². The number of rotatable bonds is 5. The second-order valence-corrected chi connectivity index (χ2v) is 6.89. The molecule has 0 aliphatic heterocycles. The minimum atomic E-state index is -0.355. The van der Waals surface area contributed by atoms with E-state index in [4.69, 9.17) is 9.72 Å². The Bertz CT molecular complexity index is 487. The lowest BCUT2D eigenvalue weighted by atomic mass is 9.74. The van der Waals surface area contributed by atoms with Gasteiger partial charge in [-0.25, -0.2) is 9.97 Å². The molecule has 0 amide bonds. The first-order valence-electron chi connectivity index (χ1n) is 8.00. The molecule has 21 heavy (non-hydrogen) atoms. The van der Waals surface area contributed by atoms with Crippen LogP contribution >= 0.6 is 0 Å². The summed E-state index contributed by atoms with van der Waals surface area (Å²) in [7, 11) is 3.78. The van der Waals surface area contributed by atoms with Crippen LogP contribution < -0.4 is 5.32 Å². The van der Waals surface area contributed by atoms with Crippen molar-refractivity contribution in [2.45, 2.75) is 65.0 Å². The van der Waals surface area contributed by atoms with E-state index < -0.39 is 0 Å². The Morgan fingerprint density at radius 2 is 2.05 bits per heavy atom. The number of hydrogen-bond acceptors (Lipinski definition) is 4. The molecular formula is C17H29N3O. The van der Waals surface area contributed by atoms with Gasteiger partial charge in [-0.15, -0.1) is 0 Å². The maximum Gasteiger partial charge on any atom is 0.160 e. The smallest absolute Gasteiger partial charge is 0.160 e. The lowest BCUT2D eigenvalue weighted by Gasteiger charge is -2.37. The van der Waals surface area contributed by atoms with Crippen molar-refractivity contribution in [2.75, 3.05) is 14.2 Å². The molecule has 1 aromatic heterocycles. The fourth-order valence-corrected chi connectivity index (χ4v) is 3.47. The first-order valence-corrected chi connectivity index (χ1v) is 8.00. The summed E-state index contributed by atoms with van der Waals surface area (Å²) >= 11 is 0. The lowest BCUT2D eigenvalue weighted by Crippen LogP contribution is -2.35. The molecule has 1 aliphatic carbocycles. The number of fused-ring (bicyclic) bond motifs is 1. The maximum atomic E-state index is 5.78. The van der Waals surface area contributed by atoms with Gasteiger partial charge in [0.05, 0.1) is 0 Å². The molecule has 118 valence electrons. The molecule has 1 aliphatic rings. The molecule has 1 atom stereocenters. The van der Waals surface area contributed by atoms with E-state index in [1.165, 1.54) is 11.3 Å². The first kappa shape index (κ1) is 16.4. The monoisotopic (exact) mass is 291 g/mol. The van der Waals surface area contributed by atoms with Gasteiger partial charge in [-0.05, 0) is 38.1 Å². The van der Waals surface area contributed by atoms with Crippen LogP contribution in [-0.2, 0) is 16.8 Å². The summed E-state index contributed by atoms with van der Waals surface area (Å²) in [6, 6.07) is 0.345. The molecule has 0 radical (unpaired) electrons. The average molecular weight is 291 g/mol. The van der Waals surface area contributed by atoms with Crippen LogP contribution in [0.15, 0.2) is 6.20 Å². The average Bonchev–Trinajstić information content (AvgIpc) is 2.47. The van der Waals surface area contributed by atoms with E-state index in [0.717, 1.165) is 31.5 Å². The van der Waals surface area contributed by atoms with Crippen molar-refractivity contribution in [2.24, 2.45) is 5.41 Å². The molecule has 0 fully saturated rings. The minimum Gasteiger partial charge on any atom is -0.370 e. The fourth-order valence-electron chi connectivity index (χ4n) is 3.47. The molecule has 0 spiro atoms. The highest BCUT2D eigenvalue weighted by atomic mass is 16.5. The van der Waals surface area contributed by atoms with Crippen LogP contribution in [0, 0.1) is 5.41 Å². The van der Waals surface area contributed by atoms with E-state index in [0.29, 0.717) is 6.04 Å². The van der Waals surface area contributed by atoms with Gasteiger partial charge in [-0.3, -0.25) is 0 Å². The summed E-state index contributed by atoms with van der Waals surface area (Å²) in [4.78, 5) is 9.56. The second kappa shape index (κ2) is 6.01. The molecule has 0 aromatic carbocycles. The Morgan fingerprint density at radius 1 is 1.38 bits per heavy atom. The van der Waals surface area contributed by atoms with Crippen LogP contribution in [0.25, 0.3) is 0 Å². The minimum absolute atomic E-state index is 0.264.